The normalized spacial score (nSPS) is 13.8. The Balaban J connectivity index is 2.88. The molecule has 0 aliphatic heterocycles. The summed E-state index contributed by atoms with van der Waals surface area (Å²) >= 11 is 0. The molecule has 0 saturated heterocycles. The van der Waals surface area contributed by atoms with E-state index in [0.717, 1.165) is 0 Å². The number of hydrogen-bond donors (Lipinski definition) is 3. The maximum absolute atomic E-state index is 11.1. The summed E-state index contributed by atoms with van der Waals surface area (Å²) in [6.07, 6.45) is 0.420. The average molecular weight is 237 g/mol. The summed E-state index contributed by atoms with van der Waals surface area (Å²) in [5.41, 5.74) is -0.295. The lowest BCUT2D eigenvalue weighted by Crippen LogP contribution is -2.42. The Morgan fingerprint density at radius 3 is 2.12 bits per heavy atom. The Morgan fingerprint density at radius 2 is 1.76 bits per heavy atom. The number of benzene rings is 1. The fourth-order valence-electron chi connectivity index (χ4n) is 1.31. The molecule has 0 amide bonds. The summed E-state index contributed by atoms with van der Waals surface area (Å²) in [4.78, 5) is 21.7. The van der Waals surface area contributed by atoms with Crippen LogP contribution in [0, 0.1) is 0 Å². The standard InChI is InChI=1S/C12H15NO4/c1-3-12(2,11(16)17)13-9-6-4-8(5-7-9)10(14)15/h4-7,13H,3H2,1-2H3,(H,14,15)(H,16,17). The summed E-state index contributed by atoms with van der Waals surface area (Å²) < 4.78 is 0. The van der Waals surface area contributed by atoms with Crippen LogP contribution in [0.3, 0.4) is 0 Å². The molecule has 1 rings (SSSR count). The second-order valence-electron chi connectivity index (χ2n) is 4.00. The molecule has 5 heteroatoms. The molecule has 17 heavy (non-hydrogen) atoms. The van der Waals surface area contributed by atoms with E-state index in [1.165, 1.54) is 12.1 Å². The number of aromatic carboxylic acids is 1. The van der Waals surface area contributed by atoms with Gasteiger partial charge in [0.15, 0.2) is 0 Å². The van der Waals surface area contributed by atoms with E-state index in [1.807, 2.05) is 0 Å². The van der Waals surface area contributed by atoms with E-state index in [-0.39, 0.29) is 5.56 Å². The van der Waals surface area contributed by atoms with Crippen LogP contribution in [0.15, 0.2) is 24.3 Å². The molecule has 92 valence electrons. The van der Waals surface area contributed by atoms with E-state index in [9.17, 15) is 9.59 Å². The molecule has 0 fully saturated rings. The van der Waals surface area contributed by atoms with Crippen molar-refractivity contribution in [2.75, 3.05) is 5.32 Å². The molecule has 1 unspecified atom stereocenters. The minimum absolute atomic E-state index is 0.170. The summed E-state index contributed by atoms with van der Waals surface area (Å²) in [6.45, 7) is 3.35. The van der Waals surface area contributed by atoms with Crippen molar-refractivity contribution >= 4 is 17.6 Å². The lowest BCUT2D eigenvalue weighted by Gasteiger charge is -2.25. The van der Waals surface area contributed by atoms with Crippen molar-refractivity contribution in [1.82, 2.24) is 0 Å². The van der Waals surface area contributed by atoms with E-state index in [0.29, 0.717) is 12.1 Å². The molecule has 0 heterocycles. The summed E-state index contributed by atoms with van der Waals surface area (Å²) in [7, 11) is 0. The third kappa shape index (κ3) is 2.96. The van der Waals surface area contributed by atoms with Crippen LogP contribution in [0.25, 0.3) is 0 Å². The van der Waals surface area contributed by atoms with Gasteiger partial charge >= 0.3 is 11.9 Å². The van der Waals surface area contributed by atoms with Gasteiger partial charge in [-0.25, -0.2) is 9.59 Å². The summed E-state index contributed by atoms with van der Waals surface area (Å²) in [6, 6.07) is 5.98. The van der Waals surface area contributed by atoms with Gasteiger partial charge in [-0.15, -0.1) is 0 Å². The van der Waals surface area contributed by atoms with Crippen LogP contribution in [-0.2, 0) is 4.79 Å². The Morgan fingerprint density at radius 1 is 1.24 bits per heavy atom. The highest BCUT2D eigenvalue weighted by Crippen LogP contribution is 2.19. The van der Waals surface area contributed by atoms with Crippen molar-refractivity contribution in [2.45, 2.75) is 25.8 Å². The highest BCUT2D eigenvalue weighted by Gasteiger charge is 2.30. The monoisotopic (exact) mass is 237 g/mol. The molecule has 5 nitrogen and oxygen atoms in total. The maximum Gasteiger partial charge on any atom is 0.335 e. The van der Waals surface area contributed by atoms with Crippen LogP contribution in [0.5, 0.6) is 0 Å². The first kappa shape index (κ1) is 13.0. The molecule has 0 bridgehead atoms. The van der Waals surface area contributed by atoms with Crippen molar-refractivity contribution in [1.29, 1.82) is 0 Å². The lowest BCUT2D eigenvalue weighted by molar-refractivity contribution is -0.141. The number of rotatable bonds is 5. The number of hydrogen-bond acceptors (Lipinski definition) is 3. The third-order valence-electron chi connectivity index (χ3n) is 2.73. The molecule has 0 aliphatic carbocycles. The van der Waals surface area contributed by atoms with Gasteiger partial charge in [-0.05, 0) is 37.6 Å². The van der Waals surface area contributed by atoms with Gasteiger partial charge < -0.3 is 15.5 Å². The molecule has 1 aromatic rings. The number of carboxylic acids is 2. The van der Waals surface area contributed by atoms with Gasteiger partial charge in [-0.1, -0.05) is 6.92 Å². The van der Waals surface area contributed by atoms with Gasteiger partial charge in [-0.3, -0.25) is 0 Å². The van der Waals surface area contributed by atoms with E-state index >= 15 is 0 Å². The quantitative estimate of drug-likeness (QED) is 0.729. The van der Waals surface area contributed by atoms with Crippen LogP contribution in [0.4, 0.5) is 5.69 Å². The SMILES string of the molecule is CCC(C)(Nc1ccc(C(=O)O)cc1)C(=O)O. The average Bonchev–Trinajstić information content (AvgIpc) is 2.29. The van der Waals surface area contributed by atoms with Crippen molar-refractivity contribution in [3.05, 3.63) is 29.8 Å². The third-order valence-corrected chi connectivity index (χ3v) is 2.73. The zero-order chi connectivity index (χ0) is 13.1. The molecule has 0 aliphatic rings. The molecule has 0 spiro atoms. The van der Waals surface area contributed by atoms with E-state index < -0.39 is 17.5 Å². The smallest absolute Gasteiger partial charge is 0.335 e. The first-order valence-corrected chi connectivity index (χ1v) is 5.24. The maximum atomic E-state index is 11.1. The second-order valence-corrected chi connectivity index (χ2v) is 4.00. The number of anilines is 1. The Bertz CT molecular complexity index is 427. The van der Waals surface area contributed by atoms with Gasteiger partial charge in [0.2, 0.25) is 0 Å². The van der Waals surface area contributed by atoms with Gasteiger partial charge in [-0.2, -0.15) is 0 Å². The van der Waals surface area contributed by atoms with Crippen LogP contribution < -0.4 is 5.32 Å². The van der Waals surface area contributed by atoms with Gasteiger partial charge in [0, 0.05) is 5.69 Å². The van der Waals surface area contributed by atoms with Crippen molar-refractivity contribution < 1.29 is 19.8 Å². The number of nitrogens with one attached hydrogen (secondary N) is 1. The van der Waals surface area contributed by atoms with Gasteiger partial charge in [0.25, 0.3) is 0 Å². The number of aliphatic carboxylic acids is 1. The predicted octanol–water partition coefficient (Wildman–Crippen LogP) is 2.05. The zero-order valence-electron chi connectivity index (χ0n) is 9.73. The van der Waals surface area contributed by atoms with Crippen molar-refractivity contribution in [3.63, 3.8) is 0 Å². The first-order chi connectivity index (χ1) is 7.89. The molecular weight excluding hydrogens is 222 g/mol. The summed E-state index contributed by atoms with van der Waals surface area (Å²) in [5.74, 6) is -1.95. The fourth-order valence-corrected chi connectivity index (χ4v) is 1.31. The van der Waals surface area contributed by atoms with Crippen LogP contribution >= 0.6 is 0 Å². The zero-order valence-corrected chi connectivity index (χ0v) is 9.73. The fraction of sp³-hybridized carbons (Fsp3) is 0.333. The molecule has 0 aromatic heterocycles. The molecule has 1 atom stereocenters. The second kappa shape index (κ2) is 4.86. The largest absolute Gasteiger partial charge is 0.480 e. The minimum Gasteiger partial charge on any atom is -0.480 e. The molecule has 3 N–H and O–H groups in total. The van der Waals surface area contributed by atoms with E-state index in [4.69, 9.17) is 10.2 Å². The van der Waals surface area contributed by atoms with Crippen LogP contribution in [0.1, 0.15) is 30.6 Å². The topological polar surface area (TPSA) is 86.6 Å². The Labute approximate surface area is 99.1 Å². The lowest BCUT2D eigenvalue weighted by atomic mass is 9.98. The Kier molecular flexibility index (Phi) is 3.73. The predicted molar refractivity (Wildman–Crippen MR) is 63.4 cm³/mol. The van der Waals surface area contributed by atoms with Crippen LogP contribution in [-0.4, -0.2) is 27.7 Å². The Hall–Kier alpha value is -2.04. The highest BCUT2D eigenvalue weighted by molar-refractivity contribution is 5.88. The number of carbonyl (C=O) groups is 2. The molecule has 0 radical (unpaired) electrons. The van der Waals surface area contributed by atoms with E-state index in [1.54, 1.807) is 26.0 Å². The van der Waals surface area contributed by atoms with Crippen LogP contribution in [0.2, 0.25) is 0 Å². The highest BCUT2D eigenvalue weighted by atomic mass is 16.4. The van der Waals surface area contributed by atoms with Crippen molar-refractivity contribution in [3.8, 4) is 0 Å². The van der Waals surface area contributed by atoms with Gasteiger partial charge in [0.1, 0.15) is 5.54 Å². The molecule has 0 saturated carbocycles. The van der Waals surface area contributed by atoms with Gasteiger partial charge in [0.05, 0.1) is 5.56 Å². The first-order valence-electron chi connectivity index (χ1n) is 5.24. The molecule has 1 aromatic carbocycles. The molecular formula is C12H15NO4. The van der Waals surface area contributed by atoms with E-state index in [2.05, 4.69) is 5.32 Å². The minimum atomic E-state index is -1.05. The summed E-state index contributed by atoms with van der Waals surface area (Å²) in [5, 5.41) is 20.7. The van der Waals surface area contributed by atoms with Crippen molar-refractivity contribution in [2.24, 2.45) is 0 Å². The number of carboxylic acid groups (broad SMARTS) is 2.